The Morgan fingerprint density at radius 3 is 2.63 bits per heavy atom. The van der Waals surface area contributed by atoms with Crippen LogP contribution >= 0.6 is 11.6 Å². The average Bonchev–Trinajstić information content (AvgIpc) is 3.23. The van der Waals surface area contributed by atoms with Crippen molar-refractivity contribution in [3.63, 3.8) is 0 Å². The Kier molecular flexibility index (Phi) is 6.40. The minimum absolute atomic E-state index is 0.183. The summed E-state index contributed by atoms with van der Waals surface area (Å²) in [7, 11) is 0. The van der Waals surface area contributed by atoms with Gasteiger partial charge in [-0.25, -0.2) is 4.79 Å². The number of rotatable bonds is 6. The number of alkyl halides is 3. The molecule has 1 aliphatic carbocycles. The molecule has 162 valence electrons. The van der Waals surface area contributed by atoms with Crippen LogP contribution in [0.4, 0.5) is 18.0 Å². The van der Waals surface area contributed by atoms with Crippen molar-refractivity contribution in [3.8, 4) is 0 Å². The quantitative estimate of drug-likeness (QED) is 0.399. The average molecular weight is 444 g/mol. The number of benzene rings is 1. The third-order valence-corrected chi connectivity index (χ3v) is 5.61. The Bertz CT molecular complexity index is 880. The molecule has 0 radical (unpaired) electrons. The second-order valence-electron chi connectivity index (χ2n) is 7.39. The van der Waals surface area contributed by atoms with Crippen molar-refractivity contribution in [1.29, 1.82) is 0 Å². The van der Waals surface area contributed by atoms with Gasteiger partial charge in [0.25, 0.3) is 5.91 Å². The van der Waals surface area contributed by atoms with Crippen LogP contribution in [0.3, 0.4) is 0 Å². The van der Waals surface area contributed by atoms with Crippen molar-refractivity contribution in [2.24, 2.45) is 0 Å². The monoisotopic (exact) mass is 443 g/mol. The van der Waals surface area contributed by atoms with E-state index in [1.54, 1.807) is 0 Å². The van der Waals surface area contributed by atoms with E-state index in [1.165, 1.54) is 17.0 Å². The van der Waals surface area contributed by atoms with E-state index in [0.717, 1.165) is 31.1 Å². The van der Waals surface area contributed by atoms with Crippen LogP contribution in [0.15, 0.2) is 24.3 Å². The molecule has 30 heavy (non-hydrogen) atoms. The molecule has 0 aromatic heterocycles. The number of amides is 4. The van der Waals surface area contributed by atoms with Crippen molar-refractivity contribution in [3.05, 3.63) is 40.4 Å². The van der Waals surface area contributed by atoms with Crippen LogP contribution in [0, 0.1) is 0 Å². The molecular weight excluding hydrogens is 423 g/mol. The maximum atomic E-state index is 12.9. The molecule has 0 atom stereocenters. The number of carbonyl (C=O) groups is 3. The van der Waals surface area contributed by atoms with Crippen molar-refractivity contribution < 1.29 is 27.6 Å². The molecule has 0 unspecified atom stereocenters. The van der Waals surface area contributed by atoms with Crippen LogP contribution < -0.4 is 10.6 Å². The molecule has 1 aromatic rings. The molecule has 10 heteroatoms. The molecule has 1 heterocycles. The fourth-order valence-corrected chi connectivity index (χ4v) is 3.96. The van der Waals surface area contributed by atoms with Gasteiger partial charge in [0.2, 0.25) is 5.91 Å². The topological polar surface area (TPSA) is 78.5 Å². The number of nitrogens with one attached hydrogen (secondary N) is 2. The van der Waals surface area contributed by atoms with Crippen LogP contribution in [0.2, 0.25) is 5.02 Å². The first-order chi connectivity index (χ1) is 14.1. The molecular formula is C20H21ClF3N3O3. The van der Waals surface area contributed by atoms with Gasteiger partial charge >= 0.3 is 12.2 Å². The Morgan fingerprint density at radius 1 is 1.27 bits per heavy atom. The molecule has 1 aromatic carbocycles. The minimum atomic E-state index is -4.58. The second-order valence-corrected chi connectivity index (χ2v) is 7.80. The van der Waals surface area contributed by atoms with E-state index in [2.05, 4.69) is 10.6 Å². The molecule has 2 fully saturated rings. The van der Waals surface area contributed by atoms with Gasteiger partial charge in [-0.05, 0) is 43.0 Å². The summed E-state index contributed by atoms with van der Waals surface area (Å²) in [6.45, 7) is 0.393. The van der Waals surface area contributed by atoms with Crippen molar-refractivity contribution in [1.82, 2.24) is 15.5 Å². The van der Waals surface area contributed by atoms with Gasteiger partial charge in [0.1, 0.15) is 5.54 Å². The molecule has 0 bridgehead atoms. The van der Waals surface area contributed by atoms with E-state index < -0.39 is 34.2 Å². The maximum Gasteiger partial charge on any atom is 0.417 e. The third-order valence-electron chi connectivity index (χ3n) is 5.28. The van der Waals surface area contributed by atoms with Crippen molar-refractivity contribution >= 4 is 35.5 Å². The smallest absolute Gasteiger partial charge is 0.352 e. The van der Waals surface area contributed by atoms with E-state index in [1.807, 2.05) is 0 Å². The summed E-state index contributed by atoms with van der Waals surface area (Å²) < 4.78 is 38.6. The predicted molar refractivity (Wildman–Crippen MR) is 105 cm³/mol. The molecule has 1 saturated carbocycles. The lowest BCUT2D eigenvalue weighted by molar-refractivity contribution is -0.137. The summed E-state index contributed by atoms with van der Waals surface area (Å²) in [5, 5.41) is 4.95. The van der Waals surface area contributed by atoms with Crippen LogP contribution in [0.1, 0.15) is 43.2 Å². The highest BCUT2D eigenvalue weighted by Gasteiger charge is 2.51. The van der Waals surface area contributed by atoms with Gasteiger partial charge < -0.3 is 10.6 Å². The SMILES string of the molecule is O=C(/C=C/c1ccc(Cl)c(C(F)(F)F)c1)NCCCN1C(=O)NC2(CCCC2)C1=O. The standard InChI is InChI=1S/C20H21ClF3N3O3/c21-15-6-4-13(12-14(15)20(22,23)24)5-7-16(28)25-10-3-11-27-17(29)19(26-18(27)30)8-1-2-9-19/h4-7,12H,1-3,8-11H2,(H,25,28)(H,26,30)/b7-5+. The summed E-state index contributed by atoms with van der Waals surface area (Å²) >= 11 is 5.56. The lowest BCUT2D eigenvalue weighted by atomic mass is 9.98. The predicted octanol–water partition coefficient (Wildman–Crippen LogP) is 3.74. The number of urea groups is 1. The van der Waals surface area contributed by atoms with Crippen LogP contribution in [0.25, 0.3) is 6.08 Å². The van der Waals surface area contributed by atoms with E-state index in [9.17, 15) is 27.6 Å². The lowest BCUT2D eigenvalue weighted by Crippen LogP contribution is -2.44. The summed E-state index contributed by atoms with van der Waals surface area (Å²) in [4.78, 5) is 37.6. The lowest BCUT2D eigenvalue weighted by Gasteiger charge is -2.19. The van der Waals surface area contributed by atoms with Crippen molar-refractivity contribution in [2.45, 2.75) is 43.8 Å². The number of hydrogen-bond acceptors (Lipinski definition) is 3. The molecule has 1 saturated heterocycles. The number of imide groups is 1. The maximum absolute atomic E-state index is 12.9. The van der Waals surface area contributed by atoms with Gasteiger partial charge in [0.15, 0.2) is 0 Å². The Hall–Kier alpha value is -2.55. The fourth-order valence-electron chi connectivity index (χ4n) is 3.74. The molecule has 6 nitrogen and oxygen atoms in total. The van der Waals surface area contributed by atoms with Gasteiger partial charge in [-0.1, -0.05) is 30.5 Å². The van der Waals surface area contributed by atoms with E-state index in [-0.39, 0.29) is 24.6 Å². The number of hydrogen-bond donors (Lipinski definition) is 2. The Balaban J connectivity index is 1.47. The first-order valence-corrected chi connectivity index (χ1v) is 9.97. The highest BCUT2D eigenvalue weighted by molar-refractivity contribution is 6.31. The minimum Gasteiger partial charge on any atom is -0.352 e. The van der Waals surface area contributed by atoms with Gasteiger partial charge in [-0.3, -0.25) is 14.5 Å². The van der Waals surface area contributed by atoms with Crippen LogP contribution in [-0.2, 0) is 15.8 Å². The zero-order chi connectivity index (χ0) is 21.9. The van der Waals surface area contributed by atoms with Crippen LogP contribution in [-0.4, -0.2) is 41.4 Å². The van der Waals surface area contributed by atoms with E-state index in [4.69, 9.17) is 11.6 Å². The molecule has 2 N–H and O–H groups in total. The summed E-state index contributed by atoms with van der Waals surface area (Å²) in [6.07, 6.45) is 1.26. The molecule has 3 rings (SSSR count). The van der Waals surface area contributed by atoms with Gasteiger partial charge in [-0.2, -0.15) is 13.2 Å². The third kappa shape index (κ3) is 4.77. The first kappa shape index (κ1) is 22.1. The summed E-state index contributed by atoms with van der Waals surface area (Å²) in [6, 6.07) is 2.95. The van der Waals surface area contributed by atoms with Gasteiger partial charge in [0, 0.05) is 19.2 Å². The Morgan fingerprint density at radius 2 is 1.97 bits per heavy atom. The second kappa shape index (κ2) is 8.67. The zero-order valence-electron chi connectivity index (χ0n) is 16.0. The normalized spacial score (nSPS) is 18.5. The van der Waals surface area contributed by atoms with Gasteiger partial charge in [0.05, 0.1) is 10.6 Å². The number of halogens is 4. The summed E-state index contributed by atoms with van der Waals surface area (Å²) in [5.41, 5.74) is -1.54. The molecule has 1 aliphatic heterocycles. The molecule has 2 aliphatic rings. The van der Waals surface area contributed by atoms with Crippen molar-refractivity contribution in [2.75, 3.05) is 13.1 Å². The molecule has 1 spiro atoms. The highest BCUT2D eigenvalue weighted by Crippen LogP contribution is 2.36. The number of carbonyl (C=O) groups excluding carboxylic acids is 3. The van der Waals surface area contributed by atoms with E-state index in [0.29, 0.717) is 19.3 Å². The number of nitrogens with zero attached hydrogens (tertiary/aromatic N) is 1. The van der Waals surface area contributed by atoms with E-state index >= 15 is 0 Å². The fraction of sp³-hybridized carbons (Fsp3) is 0.450. The first-order valence-electron chi connectivity index (χ1n) is 9.59. The molecule has 4 amide bonds. The Labute approximate surface area is 176 Å². The summed E-state index contributed by atoms with van der Waals surface area (Å²) in [5.74, 6) is -0.706. The highest BCUT2D eigenvalue weighted by atomic mass is 35.5. The largest absolute Gasteiger partial charge is 0.417 e. The zero-order valence-corrected chi connectivity index (χ0v) is 16.8. The van der Waals surface area contributed by atoms with Crippen LogP contribution in [0.5, 0.6) is 0 Å². The van der Waals surface area contributed by atoms with Gasteiger partial charge in [-0.15, -0.1) is 0 Å².